The van der Waals surface area contributed by atoms with Gasteiger partial charge in [-0.3, -0.25) is 9.78 Å². The maximum atomic E-state index is 11.7. The highest BCUT2D eigenvalue weighted by Crippen LogP contribution is 2.11. The maximum Gasteiger partial charge on any atom is 0.421 e. The Morgan fingerprint density at radius 2 is 1.67 bits per heavy atom. The number of hydrogen-bond donors (Lipinski definition) is 2. The second-order valence-electron chi connectivity index (χ2n) is 6.85. The van der Waals surface area contributed by atoms with E-state index in [1.54, 1.807) is 46.3 Å². The van der Waals surface area contributed by atoms with E-state index in [4.69, 9.17) is 9.84 Å². The molecule has 0 aliphatic rings. The van der Waals surface area contributed by atoms with Gasteiger partial charge < -0.3 is 9.84 Å². The quantitative estimate of drug-likeness (QED) is 0.830. The first-order valence-corrected chi connectivity index (χ1v) is 8.53. The Kier molecular flexibility index (Phi) is 7.36. The smallest absolute Gasteiger partial charge is 0.421 e. The van der Waals surface area contributed by atoms with Crippen LogP contribution in [0.15, 0.2) is 29.4 Å². The van der Waals surface area contributed by atoms with E-state index in [9.17, 15) is 18.0 Å². The van der Waals surface area contributed by atoms with Gasteiger partial charge in [-0.05, 0) is 53.7 Å². The number of aromatic nitrogens is 1. The average molecular weight is 360 g/mol. The Labute approximate surface area is 142 Å². The van der Waals surface area contributed by atoms with Crippen molar-refractivity contribution in [2.75, 3.05) is 0 Å². The van der Waals surface area contributed by atoms with Gasteiger partial charge in [0.1, 0.15) is 10.5 Å². The van der Waals surface area contributed by atoms with Crippen molar-refractivity contribution in [2.24, 2.45) is 5.41 Å². The lowest BCUT2D eigenvalue weighted by Crippen LogP contribution is -2.36. The Morgan fingerprint density at radius 3 is 2.00 bits per heavy atom. The number of amides is 1. The van der Waals surface area contributed by atoms with Crippen LogP contribution in [0.5, 0.6) is 0 Å². The van der Waals surface area contributed by atoms with Crippen LogP contribution in [0.1, 0.15) is 41.5 Å². The summed E-state index contributed by atoms with van der Waals surface area (Å²) in [5.41, 5.74) is -1.34. The summed E-state index contributed by atoms with van der Waals surface area (Å²) >= 11 is 0. The number of pyridine rings is 1. The first-order chi connectivity index (χ1) is 10.6. The molecule has 0 radical (unpaired) electrons. The van der Waals surface area contributed by atoms with E-state index in [2.05, 4.69) is 4.98 Å². The summed E-state index contributed by atoms with van der Waals surface area (Å²) in [7, 11) is -3.92. The molecule has 0 fully saturated rings. The molecule has 0 saturated carbocycles. The number of ether oxygens (including phenoxy) is 1. The normalized spacial score (nSPS) is 11.8. The number of carbonyl (C=O) groups is 2. The molecule has 1 aromatic heterocycles. The van der Waals surface area contributed by atoms with Crippen LogP contribution in [-0.2, 0) is 19.6 Å². The summed E-state index contributed by atoms with van der Waals surface area (Å²) in [4.78, 5) is 24.9. The molecule has 0 bridgehead atoms. The lowest BCUT2D eigenvalue weighted by atomic mass is 9.98. The van der Waals surface area contributed by atoms with Crippen molar-refractivity contribution in [2.45, 2.75) is 52.0 Å². The van der Waals surface area contributed by atoms with Gasteiger partial charge in [-0.25, -0.2) is 17.9 Å². The second kappa shape index (κ2) is 8.09. The van der Waals surface area contributed by atoms with E-state index >= 15 is 0 Å². The van der Waals surface area contributed by atoms with Crippen molar-refractivity contribution in [3.05, 3.63) is 24.5 Å². The van der Waals surface area contributed by atoms with E-state index < -0.39 is 33.1 Å². The zero-order valence-electron chi connectivity index (χ0n) is 14.7. The Morgan fingerprint density at radius 1 is 1.17 bits per heavy atom. The molecule has 0 saturated heterocycles. The predicted octanol–water partition coefficient (Wildman–Crippen LogP) is 2.41. The standard InChI is InChI=1S/C10H14N2O4S.C5H10O2/c1-10(2,3)16-9(13)12-17(14,15)8-5-4-6-11-7-8;1-5(2,3)4(6)7/h4-7H,1-3H3,(H,12,13);1-3H3,(H,6,7). The molecule has 1 amide bonds. The van der Waals surface area contributed by atoms with Gasteiger partial charge in [0, 0.05) is 12.4 Å². The highest BCUT2D eigenvalue weighted by Gasteiger charge is 2.22. The van der Waals surface area contributed by atoms with E-state index in [0.717, 1.165) is 6.20 Å². The van der Waals surface area contributed by atoms with Crippen LogP contribution in [-0.4, -0.2) is 36.2 Å². The van der Waals surface area contributed by atoms with Gasteiger partial charge in [0.15, 0.2) is 0 Å². The molecule has 8 nitrogen and oxygen atoms in total. The van der Waals surface area contributed by atoms with E-state index in [0.29, 0.717) is 0 Å². The minimum absolute atomic E-state index is 0.0918. The molecule has 0 aliphatic carbocycles. The summed E-state index contributed by atoms with van der Waals surface area (Å²) in [5, 5.41) is 8.25. The summed E-state index contributed by atoms with van der Waals surface area (Å²) in [6, 6.07) is 2.79. The molecular weight excluding hydrogens is 336 g/mol. The summed E-state index contributed by atoms with van der Waals surface area (Å²) in [6.07, 6.45) is 1.57. The van der Waals surface area contributed by atoms with Crippen LogP contribution in [0, 0.1) is 5.41 Å². The minimum Gasteiger partial charge on any atom is -0.481 e. The average Bonchev–Trinajstić information content (AvgIpc) is 2.36. The molecule has 0 aromatic carbocycles. The van der Waals surface area contributed by atoms with Gasteiger partial charge in [0.25, 0.3) is 10.0 Å². The predicted molar refractivity (Wildman–Crippen MR) is 87.9 cm³/mol. The molecule has 1 heterocycles. The van der Waals surface area contributed by atoms with Gasteiger partial charge >= 0.3 is 12.1 Å². The summed E-state index contributed by atoms with van der Waals surface area (Å²) in [5.74, 6) is -0.757. The third kappa shape index (κ3) is 9.09. The zero-order valence-corrected chi connectivity index (χ0v) is 15.5. The molecule has 0 atom stereocenters. The van der Waals surface area contributed by atoms with Crippen molar-refractivity contribution >= 4 is 22.1 Å². The van der Waals surface area contributed by atoms with Crippen LogP contribution in [0.4, 0.5) is 4.79 Å². The van der Waals surface area contributed by atoms with E-state index in [1.807, 2.05) is 0 Å². The van der Waals surface area contributed by atoms with Crippen LogP contribution in [0.25, 0.3) is 0 Å². The molecule has 0 unspecified atom stereocenters. The fourth-order valence-corrected chi connectivity index (χ4v) is 1.81. The van der Waals surface area contributed by atoms with Crippen LogP contribution >= 0.6 is 0 Å². The number of carbonyl (C=O) groups excluding carboxylic acids is 1. The maximum absolute atomic E-state index is 11.7. The molecule has 2 N–H and O–H groups in total. The number of nitrogens with one attached hydrogen (secondary N) is 1. The van der Waals surface area contributed by atoms with Crippen molar-refractivity contribution in [3.8, 4) is 0 Å². The molecule has 24 heavy (non-hydrogen) atoms. The third-order valence-corrected chi connectivity index (χ3v) is 3.50. The monoisotopic (exact) mass is 360 g/mol. The number of aliphatic carboxylic acids is 1. The summed E-state index contributed by atoms with van der Waals surface area (Å²) in [6.45, 7) is 9.91. The Bertz CT molecular complexity index is 657. The van der Waals surface area contributed by atoms with Crippen LogP contribution < -0.4 is 4.72 Å². The fourth-order valence-electron chi connectivity index (χ4n) is 0.974. The molecular formula is C15H24N2O6S. The fraction of sp³-hybridized carbons (Fsp3) is 0.533. The lowest BCUT2D eigenvalue weighted by molar-refractivity contribution is -0.145. The minimum atomic E-state index is -3.92. The van der Waals surface area contributed by atoms with Crippen molar-refractivity contribution in [3.63, 3.8) is 0 Å². The number of carboxylic acids is 1. The van der Waals surface area contributed by atoms with Gasteiger partial charge in [0.2, 0.25) is 0 Å². The van der Waals surface area contributed by atoms with Gasteiger partial charge in [-0.15, -0.1) is 0 Å². The summed E-state index contributed by atoms with van der Waals surface area (Å²) < 4.78 is 30.0. The Balaban J connectivity index is 0.000000640. The van der Waals surface area contributed by atoms with Crippen molar-refractivity contribution in [1.82, 2.24) is 9.71 Å². The van der Waals surface area contributed by atoms with Crippen molar-refractivity contribution in [1.29, 1.82) is 0 Å². The molecule has 136 valence electrons. The largest absolute Gasteiger partial charge is 0.481 e. The highest BCUT2D eigenvalue weighted by atomic mass is 32.2. The zero-order chi connectivity index (χ0) is 19.2. The molecule has 9 heteroatoms. The first-order valence-electron chi connectivity index (χ1n) is 7.04. The molecule has 1 aromatic rings. The van der Waals surface area contributed by atoms with Crippen LogP contribution in [0.3, 0.4) is 0 Å². The van der Waals surface area contributed by atoms with E-state index in [1.165, 1.54) is 18.3 Å². The molecule has 0 aliphatic heterocycles. The number of carboxylic acid groups (broad SMARTS) is 1. The lowest BCUT2D eigenvalue weighted by Gasteiger charge is -2.19. The molecule has 0 spiro atoms. The number of hydrogen-bond acceptors (Lipinski definition) is 6. The number of nitrogens with zero attached hydrogens (tertiary/aromatic N) is 1. The topological polar surface area (TPSA) is 123 Å². The van der Waals surface area contributed by atoms with Gasteiger partial charge in [0.05, 0.1) is 5.41 Å². The highest BCUT2D eigenvalue weighted by molar-refractivity contribution is 7.90. The van der Waals surface area contributed by atoms with Crippen LogP contribution in [0.2, 0.25) is 0 Å². The van der Waals surface area contributed by atoms with Gasteiger partial charge in [-0.1, -0.05) is 0 Å². The van der Waals surface area contributed by atoms with E-state index in [-0.39, 0.29) is 4.90 Å². The first kappa shape index (κ1) is 21.8. The second-order valence-corrected chi connectivity index (χ2v) is 8.53. The Hall–Kier alpha value is -2.16. The van der Waals surface area contributed by atoms with Crippen molar-refractivity contribution < 1.29 is 27.9 Å². The SMILES string of the molecule is CC(C)(C)C(=O)O.CC(C)(C)OC(=O)NS(=O)(=O)c1cccnc1. The third-order valence-electron chi connectivity index (χ3n) is 2.20. The molecule has 1 rings (SSSR count). The number of sulfonamides is 1. The number of rotatable bonds is 2. The van der Waals surface area contributed by atoms with Gasteiger partial charge in [-0.2, -0.15) is 0 Å².